The van der Waals surface area contributed by atoms with E-state index in [9.17, 15) is 0 Å². The third kappa shape index (κ3) is 2.19. The second-order valence-corrected chi connectivity index (χ2v) is 5.23. The van der Waals surface area contributed by atoms with Gasteiger partial charge in [-0.2, -0.15) is 0 Å². The minimum Gasteiger partial charge on any atom is -0.313 e. The van der Waals surface area contributed by atoms with Crippen LogP contribution in [0.2, 0.25) is 0 Å². The molecule has 1 N–H and O–H groups in total. The Morgan fingerprint density at radius 2 is 2.00 bits per heavy atom. The molecular weight excluding hydrogens is 194 g/mol. The lowest BCUT2D eigenvalue weighted by molar-refractivity contribution is 0.573. The van der Waals surface area contributed by atoms with E-state index in [1.165, 1.54) is 17.6 Å². The molecule has 1 aliphatic heterocycles. The highest BCUT2D eigenvalue weighted by atomic mass is 15.0. The summed E-state index contributed by atoms with van der Waals surface area (Å²) < 4.78 is 0. The molecule has 2 atom stereocenters. The van der Waals surface area contributed by atoms with Crippen molar-refractivity contribution in [3.63, 3.8) is 0 Å². The van der Waals surface area contributed by atoms with Gasteiger partial charge in [0.25, 0.3) is 0 Å². The molecule has 1 aliphatic rings. The average molecular weight is 215 g/mol. The summed E-state index contributed by atoms with van der Waals surface area (Å²) in [6.07, 6.45) is 3.63. The second-order valence-electron chi connectivity index (χ2n) is 5.23. The zero-order valence-electron chi connectivity index (χ0n) is 10.5. The Morgan fingerprint density at radius 1 is 1.31 bits per heavy atom. The summed E-state index contributed by atoms with van der Waals surface area (Å²) in [6.45, 7) is 7.70. The van der Waals surface area contributed by atoms with Crippen molar-refractivity contribution >= 4 is 0 Å². The summed E-state index contributed by atoms with van der Waals surface area (Å²) in [5, 5.41) is 3.57. The Labute approximate surface area is 98.6 Å². The van der Waals surface area contributed by atoms with Gasteiger partial charge in [0, 0.05) is 18.0 Å². The van der Waals surface area contributed by atoms with Gasteiger partial charge >= 0.3 is 0 Å². The first kappa shape index (κ1) is 11.4. The lowest BCUT2D eigenvalue weighted by Crippen LogP contribution is -2.26. The van der Waals surface area contributed by atoms with Crippen LogP contribution in [0.4, 0.5) is 0 Å². The fraction of sp³-hybridized carbons (Fsp3) is 0.467. The minimum absolute atomic E-state index is 0.208. The average Bonchev–Trinajstić information content (AvgIpc) is 2.62. The van der Waals surface area contributed by atoms with E-state index in [0.29, 0.717) is 6.04 Å². The van der Waals surface area contributed by atoms with Crippen molar-refractivity contribution in [2.24, 2.45) is 0 Å². The zero-order valence-corrected chi connectivity index (χ0v) is 10.5. The van der Waals surface area contributed by atoms with E-state index in [1.807, 2.05) is 0 Å². The van der Waals surface area contributed by atoms with E-state index < -0.39 is 0 Å². The van der Waals surface area contributed by atoms with E-state index in [0.717, 1.165) is 6.54 Å². The topological polar surface area (TPSA) is 12.0 Å². The summed E-state index contributed by atoms with van der Waals surface area (Å²) in [5.74, 6) is 0. The SMILES string of the molecule is CC(C)=CC1(c2ccccc2)CNC(C)C1. The first-order valence-corrected chi connectivity index (χ1v) is 6.07. The molecule has 0 bridgehead atoms. The number of hydrogen-bond acceptors (Lipinski definition) is 1. The summed E-state index contributed by atoms with van der Waals surface area (Å²) >= 11 is 0. The molecule has 16 heavy (non-hydrogen) atoms. The van der Waals surface area contributed by atoms with Crippen molar-refractivity contribution < 1.29 is 0 Å². The van der Waals surface area contributed by atoms with Gasteiger partial charge < -0.3 is 5.32 Å². The molecule has 1 saturated heterocycles. The van der Waals surface area contributed by atoms with Gasteiger partial charge in [-0.3, -0.25) is 0 Å². The van der Waals surface area contributed by atoms with E-state index in [1.54, 1.807) is 0 Å². The molecular formula is C15H21N. The van der Waals surface area contributed by atoms with Crippen molar-refractivity contribution in [2.45, 2.75) is 38.6 Å². The molecule has 0 aromatic heterocycles. The van der Waals surface area contributed by atoms with Crippen LogP contribution in [0.5, 0.6) is 0 Å². The smallest absolute Gasteiger partial charge is 0.0274 e. The highest BCUT2D eigenvalue weighted by molar-refractivity contribution is 5.34. The summed E-state index contributed by atoms with van der Waals surface area (Å²) in [6, 6.07) is 11.5. The maximum absolute atomic E-state index is 3.57. The van der Waals surface area contributed by atoms with E-state index >= 15 is 0 Å². The number of rotatable bonds is 2. The first-order valence-electron chi connectivity index (χ1n) is 6.07. The Balaban J connectivity index is 2.40. The van der Waals surface area contributed by atoms with Crippen LogP contribution < -0.4 is 5.32 Å². The molecule has 0 spiro atoms. The van der Waals surface area contributed by atoms with Crippen molar-refractivity contribution in [3.8, 4) is 0 Å². The Bertz CT molecular complexity index is 376. The third-order valence-electron chi connectivity index (χ3n) is 3.35. The molecule has 2 unspecified atom stereocenters. The van der Waals surface area contributed by atoms with Gasteiger partial charge in [0.1, 0.15) is 0 Å². The highest BCUT2D eigenvalue weighted by Crippen LogP contribution is 2.35. The van der Waals surface area contributed by atoms with E-state index in [-0.39, 0.29) is 5.41 Å². The Kier molecular flexibility index (Phi) is 3.15. The van der Waals surface area contributed by atoms with Gasteiger partial charge in [-0.1, -0.05) is 42.0 Å². The normalized spacial score (nSPS) is 29.1. The molecule has 0 amide bonds. The minimum atomic E-state index is 0.208. The lowest BCUT2D eigenvalue weighted by Gasteiger charge is -2.26. The van der Waals surface area contributed by atoms with Gasteiger partial charge in [-0.15, -0.1) is 0 Å². The van der Waals surface area contributed by atoms with Gasteiger partial charge in [0.2, 0.25) is 0 Å². The molecule has 1 heteroatoms. The molecule has 1 aromatic rings. The number of nitrogens with one attached hydrogen (secondary N) is 1. The van der Waals surface area contributed by atoms with Gasteiger partial charge in [0.15, 0.2) is 0 Å². The fourth-order valence-corrected chi connectivity index (χ4v) is 2.78. The maximum atomic E-state index is 3.57. The molecule has 1 fully saturated rings. The van der Waals surface area contributed by atoms with Crippen LogP contribution in [0.15, 0.2) is 42.0 Å². The first-order chi connectivity index (χ1) is 7.62. The van der Waals surface area contributed by atoms with Crippen LogP contribution in [0.3, 0.4) is 0 Å². The van der Waals surface area contributed by atoms with Crippen LogP contribution in [0, 0.1) is 0 Å². The van der Waals surface area contributed by atoms with Crippen molar-refractivity contribution in [1.82, 2.24) is 5.32 Å². The lowest BCUT2D eigenvalue weighted by atomic mass is 9.77. The zero-order chi connectivity index (χ0) is 11.6. The Hall–Kier alpha value is -1.08. The predicted octanol–water partition coefficient (Wildman–Crippen LogP) is 3.27. The van der Waals surface area contributed by atoms with Crippen LogP contribution in [-0.2, 0) is 5.41 Å². The second kappa shape index (κ2) is 4.42. The van der Waals surface area contributed by atoms with Crippen LogP contribution in [0.25, 0.3) is 0 Å². The molecule has 1 nitrogen and oxygen atoms in total. The van der Waals surface area contributed by atoms with Crippen LogP contribution >= 0.6 is 0 Å². The summed E-state index contributed by atoms with van der Waals surface area (Å²) in [5.41, 5.74) is 3.05. The molecule has 0 aliphatic carbocycles. The van der Waals surface area contributed by atoms with Crippen LogP contribution in [0.1, 0.15) is 32.8 Å². The molecule has 2 rings (SSSR count). The van der Waals surface area contributed by atoms with Crippen LogP contribution in [-0.4, -0.2) is 12.6 Å². The molecule has 0 radical (unpaired) electrons. The molecule has 86 valence electrons. The van der Waals surface area contributed by atoms with Crippen molar-refractivity contribution in [3.05, 3.63) is 47.5 Å². The maximum Gasteiger partial charge on any atom is 0.0274 e. The highest BCUT2D eigenvalue weighted by Gasteiger charge is 2.36. The third-order valence-corrected chi connectivity index (χ3v) is 3.35. The summed E-state index contributed by atoms with van der Waals surface area (Å²) in [7, 11) is 0. The predicted molar refractivity (Wildman–Crippen MR) is 69.6 cm³/mol. The molecule has 1 heterocycles. The number of benzene rings is 1. The van der Waals surface area contributed by atoms with Crippen molar-refractivity contribution in [2.75, 3.05) is 6.54 Å². The van der Waals surface area contributed by atoms with Gasteiger partial charge in [-0.05, 0) is 32.8 Å². The quantitative estimate of drug-likeness (QED) is 0.747. The molecule has 1 aromatic carbocycles. The van der Waals surface area contributed by atoms with Gasteiger partial charge in [0.05, 0.1) is 0 Å². The summed E-state index contributed by atoms with van der Waals surface area (Å²) in [4.78, 5) is 0. The largest absolute Gasteiger partial charge is 0.313 e. The monoisotopic (exact) mass is 215 g/mol. The van der Waals surface area contributed by atoms with E-state index in [4.69, 9.17) is 0 Å². The Morgan fingerprint density at radius 3 is 2.50 bits per heavy atom. The van der Waals surface area contributed by atoms with Crippen molar-refractivity contribution in [1.29, 1.82) is 0 Å². The van der Waals surface area contributed by atoms with E-state index in [2.05, 4.69) is 62.5 Å². The fourth-order valence-electron chi connectivity index (χ4n) is 2.78. The standard InChI is InChI=1S/C15H21N/c1-12(2)9-15(10-13(3)16-11-15)14-7-5-4-6-8-14/h4-9,13,16H,10-11H2,1-3H3. The van der Waals surface area contributed by atoms with Gasteiger partial charge in [-0.25, -0.2) is 0 Å². The number of hydrogen-bond donors (Lipinski definition) is 1. The number of allylic oxidation sites excluding steroid dienone is 1. The molecule has 0 saturated carbocycles.